The third kappa shape index (κ3) is 6.47. The van der Waals surface area contributed by atoms with Gasteiger partial charge in [0.2, 0.25) is 0 Å². The van der Waals surface area contributed by atoms with E-state index in [0.29, 0.717) is 12.8 Å². The van der Waals surface area contributed by atoms with Crippen molar-refractivity contribution in [1.29, 1.82) is 0 Å². The topological polar surface area (TPSA) is 26.3 Å². The Morgan fingerprint density at radius 1 is 0.677 bits per heavy atom. The van der Waals surface area contributed by atoms with Crippen LogP contribution in [0.25, 0.3) is 0 Å². The molecule has 13 heteroatoms. The Kier molecular flexibility index (Phi) is 10.3. The molecule has 0 unspecified atom stereocenters. The van der Waals surface area contributed by atoms with E-state index in [9.17, 15) is 53.1 Å². The number of alkyl halides is 11. The maximum Gasteiger partial charge on any atom is 0.460 e. The maximum absolute atomic E-state index is 13.7. The number of rotatable bonds is 14. The van der Waals surface area contributed by atoms with Gasteiger partial charge in [0.05, 0.1) is 6.61 Å². The van der Waals surface area contributed by atoms with Crippen LogP contribution >= 0.6 is 0 Å². The highest BCUT2D eigenvalue weighted by Crippen LogP contribution is 2.58. The lowest BCUT2D eigenvalue weighted by atomic mass is 9.94. The van der Waals surface area contributed by atoms with E-state index in [1.165, 1.54) is 0 Å². The first-order valence-electron chi connectivity index (χ1n) is 9.34. The summed E-state index contributed by atoms with van der Waals surface area (Å²) in [5.41, 5.74) is -2.67. The fourth-order valence-electron chi connectivity index (χ4n) is 2.38. The fraction of sp³-hybridized carbons (Fsp3) is 0.833. The van der Waals surface area contributed by atoms with Crippen LogP contribution in [0.5, 0.6) is 0 Å². The third-order valence-corrected chi connectivity index (χ3v) is 4.40. The Labute approximate surface area is 171 Å². The van der Waals surface area contributed by atoms with Crippen LogP contribution in [-0.4, -0.2) is 42.4 Å². The number of halogens is 11. The zero-order chi connectivity index (χ0) is 24.7. The minimum Gasteiger partial charge on any atom is -0.462 e. The van der Waals surface area contributed by atoms with Gasteiger partial charge >= 0.3 is 35.8 Å². The monoisotopic (exact) mass is 480 g/mol. The predicted octanol–water partition coefficient (Wildman–Crippen LogP) is 7.33. The first kappa shape index (κ1) is 29.4. The van der Waals surface area contributed by atoms with Gasteiger partial charge in [-0.3, -0.25) is 0 Å². The van der Waals surface area contributed by atoms with Crippen LogP contribution in [0.4, 0.5) is 48.3 Å². The summed E-state index contributed by atoms with van der Waals surface area (Å²) in [7, 11) is 0. The second-order valence-electron chi connectivity index (χ2n) is 6.88. The van der Waals surface area contributed by atoms with Gasteiger partial charge in [-0.05, 0) is 6.42 Å². The Hall–Kier alpha value is -1.56. The molecule has 0 atom stereocenters. The first-order chi connectivity index (χ1) is 13.9. The van der Waals surface area contributed by atoms with E-state index in [2.05, 4.69) is 11.3 Å². The summed E-state index contributed by atoms with van der Waals surface area (Å²) in [6.07, 6.45) is -1.20. The van der Waals surface area contributed by atoms with Crippen molar-refractivity contribution in [2.45, 2.75) is 88.2 Å². The molecule has 0 aliphatic rings. The predicted molar refractivity (Wildman–Crippen MR) is 88.6 cm³/mol. The molecule has 0 fully saturated rings. The van der Waals surface area contributed by atoms with Crippen LogP contribution in [0.2, 0.25) is 0 Å². The van der Waals surface area contributed by atoms with Crippen LogP contribution in [0.3, 0.4) is 0 Å². The zero-order valence-electron chi connectivity index (χ0n) is 16.5. The summed E-state index contributed by atoms with van der Waals surface area (Å²) in [5.74, 6) is -31.2. The van der Waals surface area contributed by atoms with E-state index in [1.54, 1.807) is 0 Å². The van der Waals surface area contributed by atoms with Gasteiger partial charge in [-0.25, -0.2) is 4.79 Å². The first-order valence-corrected chi connectivity index (χ1v) is 9.34. The Morgan fingerprint density at radius 3 is 1.52 bits per heavy atom. The Morgan fingerprint density at radius 2 is 1.10 bits per heavy atom. The van der Waals surface area contributed by atoms with E-state index < -0.39 is 48.0 Å². The molecule has 0 heterocycles. The molecule has 2 nitrogen and oxygen atoms in total. The molecule has 0 saturated heterocycles. The van der Waals surface area contributed by atoms with Gasteiger partial charge in [0, 0.05) is 0 Å². The SMILES string of the molecule is C=C(C(=O)OCCCCCCCCCC)C(F)(F)C(F)(F)C(F)(F)C(F)(F)C(F)(F)F. The summed E-state index contributed by atoms with van der Waals surface area (Å²) in [5, 5.41) is 0. The second-order valence-corrected chi connectivity index (χ2v) is 6.88. The van der Waals surface area contributed by atoms with Gasteiger partial charge in [0.15, 0.2) is 0 Å². The number of unbranched alkanes of at least 4 members (excludes halogenated alkanes) is 7. The summed E-state index contributed by atoms with van der Waals surface area (Å²) in [6.45, 7) is 3.57. The normalized spacial score (nSPS) is 13.9. The lowest BCUT2D eigenvalue weighted by molar-refractivity contribution is -0.417. The molecule has 0 rings (SSSR count). The van der Waals surface area contributed by atoms with Gasteiger partial charge in [-0.1, -0.05) is 58.4 Å². The lowest BCUT2D eigenvalue weighted by Crippen LogP contribution is -2.67. The minimum atomic E-state index is -7.59. The van der Waals surface area contributed by atoms with Crippen LogP contribution in [0.15, 0.2) is 12.2 Å². The lowest BCUT2D eigenvalue weighted by Gasteiger charge is -2.37. The summed E-state index contributed by atoms with van der Waals surface area (Å²) >= 11 is 0. The molecule has 31 heavy (non-hydrogen) atoms. The average Bonchev–Trinajstić information content (AvgIpc) is 2.64. The van der Waals surface area contributed by atoms with Gasteiger partial charge in [0.1, 0.15) is 5.57 Å². The number of ether oxygens (including phenoxy) is 1. The number of carbonyl (C=O) groups is 1. The molecule has 0 saturated carbocycles. The largest absolute Gasteiger partial charge is 0.462 e. The Bertz CT molecular complexity index is 598. The van der Waals surface area contributed by atoms with Crippen molar-refractivity contribution in [2.24, 2.45) is 0 Å². The van der Waals surface area contributed by atoms with E-state index in [4.69, 9.17) is 0 Å². The van der Waals surface area contributed by atoms with Crippen molar-refractivity contribution in [2.75, 3.05) is 6.61 Å². The van der Waals surface area contributed by atoms with E-state index in [-0.39, 0.29) is 6.42 Å². The molecule has 0 radical (unpaired) electrons. The van der Waals surface area contributed by atoms with Crippen molar-refractivity contribution in [3.63, 3.8) is 0 Å². The second kappa shape index (κ2) is 10.8. The fourth-order valence-corrected chi connectivity index (χ4v) is 2.38. The summed E-state index contributed by atoms with van der Waals surface area (Å²) < 4.78 is 147. The highest BCUT2D eigenvalue weighted by molar-refractivity contribution is 5.90. The van der Waals surface area contributed by atoms with Crippen molar-refractivity contribution >= 4 is 5.97 Å². The van der Waals surface area contributed by atoms with Gasteiger partial charge in [-0.2, -0.15) is 48.3 Å². The smallest absolute Gasteiger partial charge is 0.460 e. The molecule has 0 aromatic carbocycles. The number of esters is 1. The highest BCUT2D eigenvalue weighted by atomic mass is 19.4. The van der Waals surface area contributed by atoms with Crippen LogP contribution in [0.1, 0.15) is 58.3 Å². The van der Waals surface area contributed by atoms with Crippen LogP contribution in [-0.2, 0) is 9.53 Å². The molecule has 0 bridgehead atoms. The van der Waals surface area contributed by atoms with Crippen molar-refractivity contribution in [3.05, 3.63) is 12.2 Å². The highest BCUT2D eigenvalue weighted by Gasteiger charge is 2.87. The van der Waals surface area contributed by atoms with E-state index >= 15 is 0 Å². The zero-order valence-corrected chi connectivity index (χ0v) is 16.5. The average molecular weight is 480 g/mol. The summed E-state index contributed by atoms with van der Waals surface area (Å²) in [6, 6.07) is 0. The summed E-state index contributed by atoms with van der Waals surface area (Å²) in [4.78, 5) is 11.4. The molecule has 0 spiro atoms. The molecule has 0 aliphatic heterocycles. The third-order valence-electron chi connectivity index (χ3n) is 4.40. The van der Waals surface area contributed by atoms with Crippen molar-refractivity contribution in [3.8, 4) is 0 Å². The standard InChI is InChI=1S/C18H23F11O2/c1-3-4-5-6-7-8-9-10-11-31-13(30)12(2)14(19,20)15(21,22)16(23,24)17(25,26)18(27,28)29/h2-11H2,1H3. The quantitative estimate of drug-likeness (QED) is 0.113. The molecule has 0 aromatic rings. The van der Waals surface area contributed by atoms with Crippen LogP contribution in [0, 0.1) is 0 Å². The van der Waals surface area contributed by atoms with Crippen LogP contribution < -0.4 is 0 Å². The van der Waals surface area contributed by atoms with E-state index in [1.807, 2.05) is 6.92 Å². The minimum absolute atomic E-state index is 0.0943. The Balaban J connectivity index is 4.98. The van der Waals surface area contributed by atoms with Crippen molar-refractivity contribution in [1.82, 2.24) is 0 Å². The number of hydrogen-bond donors (Lipinski definition) is 0. The maximum atomic E-state index is 13.7. The van der Waals surface area contributed by atoms with Gasteiger partial charge in [0.25, 0.3) is 0 Å². The molecule has 0 N–H and O–H groups in total. The molecule has 184 valence electrons. The van der Waals surface area contributed by atoms with Gasteiger partial charge in [-0.15, -0.1) is 0 Å². The molecular formula is C18H23F11O2. The number of hydrogen-bond acceptors (Lipinski definition) is 2. The van der Waals surface area contributed by atoms with Crippen molar-refractivity contribution < 1.29 is 57.8 Å². The van der Waals surface area contributed by atoms with Gasteiger partial charge < -0.3 is 4.74 Å². The molecule has 0 aromatic heterocycles. The van der Waals surface area contributed by atoms with E-state index in [0.717, 1.165) is 32.1 Å². The molecular weight excluding hydrogens is 457 g/mol. The molecule has 0 amide bonds. The number of carbonyl (C=O) groups excluding carboxylic acids is 1. The molecule has 0 aliphatic carbocycles.